The van der Waals surface area contributed by atoms with E-state index in [2.05, 4.69) is 4.72 Å². The van der Waals surface area contributed by atoms with Crippen molar-refractivity contribution in [3.63, 3.8) is 0 Å². The zero-order chi connectivity index (χ0) is 9.73. The summed E-state index contributed by atoms with van der Waals surface area (Å²) in [6.45, 7) is 0.436. The fraction of sp³-hybridized carbons (Fsp3) is 1.00. The quantitative estimate of drug-likeness (QED) is 0.675. The van der Waals surface area contributed by atoms with Crippen molar-refractivity contribution < 1.29 is 8.42 Å². The summed E-state index contributed by atoms with van der Waals surface area (Å²) in [4.78, 5) is 0. The van der Waals surface area contributed by atoms with Gasteiger partial charge in [0.05, 0.1) is 5.75 Å². The maximum absolute atomic E-state index is 11.4. The summed E-state index contributed by atoms with van der Waals surface area (Å²) in [7, 11) is -3.06. The van der Waals surface area contributed by atoms with Gasteiger partial charge in [-0.1, -0.05) is 12.8 Å². The minimum Gasteiger partial charge on any atom is -0.330 e. The molecule has 1 aliphatic carbocycles. The second-order valence-corrected chi connectivity index (χ2v) is 5.43. The molecule has 0 aromatic carbocycles. The van der Waals surface area contributed by atoms with Gasteiger partial charge in [-0.3, -0.25) is 0 Å². The summed E-state index contributed by atoms with van der Waals surface area (Å²) in [5, 5.41) is 0. The van der Waals surface area contributed by atoms with Crippen LogP contribution in [0.4, 0.5) is 0 Å². The summed E-state index contributed by atoms with van der Waals surface area (Å²) >= 11 is 0. The summed E-state index contributed by atoms with van der Waals surface area (Å²) in [6, 6.07) is 0.183. The van der Waals surface area contributed by atoms with E-state index in [0.29, 0.717) is 13.0 Å². The molecule has 1 aliphatic rings. The zero-order valence-corrected chi connectivity index (χ0v) is 8.65. The molecular weight excluding hydrogens is 188 g/mol. The van der Waals surface area contributed by atoms with E-state index in [1.807, 2.05) is 0 Å². The van der Waals surface area contributed by atoms with Crippen LogP contribution in [0, 0.1) is 0 Å². The van der Waals surface area contributed by atoms with E-state index in [1.54, 1.807) is 0 Å². The molecule has 1 saturated carbocycles. The van der Waals surface area contributed by atoms with E-state index >= 15 is 0 Å². The highest BCUT2D eigenvalue weighted by atomic mass is 32.2. The predicted molar refractivity (Wildman–Crippen MR) is 52.8 cm³/mol. The van der Waals surface area contributed by atoms with Gasteiger partial charge in [-0.05, 0) is 25.8 Å². The molecule has 0 unspecified atom stereocenters. The lowest BCUT2D eigenvalue weighted by atomic mass is 10.3. The molecule has 0 atom stereocenters. The van der Waals surface area contributed by atoms with Crippen molar-refractivity contribution in [3.8, 4) is 0 Å². The van der Waals surface area contributed by atoms with Crippen molar-refractivity contribution in [3.05, 3.63) is 0 Å². The number of hydrogen-bond donors (Lipinski definition) is 2. The van der Waals surface area contributed by atoms with Crippen LogP contribution >= 0.6 is 0 Å². The lowest BCUT2D eigenvalue weighted by Gasteiger charge is -2.11. The van der Waals surface area contributed by atoms with Gasteiger partial charge in [-0.15, -0.1) is 0 Å². The number of rotatable bonds is 5. The standard InChI is InChI=1S/C8H18N2O2S/c9-6-3-7-13(11,12)10-8-4-1-2-5-8/h8,10H,1-7,9H2. The van der Waals surface area contributed by atoms with Gasteiger partial charge < -0.3 is 5.73 Å². The van der Waals surface area contributed by atoms with E-state index in [9.17, 15) is 8.42 Å². The molecule has 0 bridgehead atoms. The first kappa shape index (κ1) is 10.9. The maximum atomic E-state index is 11.4. The van der Waals surface area contributed by atoms with Crippen molar-refractivity contribution >= 4 is 10.0 Å². The van der Waals surface area contributed by atoms with Gasteiger partial charge in [0.2, 0.25) is 10.0 Å². The molecule has 0 amide bonds. The van der Waals surface area contributed by atoms with Crippen LogP contribution < -0.4 is 10.5 Å². The number of nitrogens with one attached hydrogen (secondary N) is 1. The molecule has 1 rings (SSSR count). The molecule has 0 aromatic rings. The molecule has 5 heteroatoms. The second kappa shape index (κ2) is 4.93. The Morgan fingerprint density at radius 2 is 1.92 bits per heavy atom. The van der Waals surface area contributed by atoms with Crippen LogP contribution in [0.3, 0.4) is 0 Å². The van der Waals surface area contributed by atoms with Crippen LogP contribution in [0.1, 0.15) is 32.1 Å². The van der Waals surface area contributed by atoms with Crippen LogP contribution in [0.2, 0.25) is 0 Å². The highest BCUT2D eigenvalue weighted by molar-refractivity contribution is 7.89. The molecule has 0 aliphatic heterocycles. The summed E-state index contributed by atoms with van der Waals surface area (Å²) in [5.41, 5.74) is 5.25. The zero-order valence-electron chi connectivity index (χ0n) is 7.83. The van der Waals surface area contributed by atoms with Gasteiger partial charge in [0.15, 0.2) is 0 Å². The third-order valence-corrected chi connectivity index (χ3v) is 3.84. The first-order valence-corrected chi connectivity index (χ1v) is 6.49. The summed E-state index contributed by atoms with van der Waals surface area (Å²) in [5.74, 6) is 0.167. The van der Waals surface area contributed by atoms with Crippen molar-refractivity contribution in [1.29, 1.82) is 0 Å². The first-order chi connectivity index (χ1) is 6.14. The molecule has 0 saturated heterocycles. The Labute approximate surface area is 79.9 Å². The normalized spacial score (nSPS) is 19.5. The minimum absolute atomic E-state index is 0.167. The average molecular weight is 206 g/mol. The van der Waals surface area contributed by atoms with E-state index in [-0.39, 0.29) is 11.8 Å². The molecule has 1 fully saturated rings. The molecule has 0 heterocycles. The molecular formula is C8H18N2O2S. The molecule has 0 aromatic heterocycles. The number of nitrogens with two attached hydrogens (primary N) is 1. The van der Waals surface area contributed by atoms with Crippen molar-refractivity contribution in [2.45, 2.75) is 38.1 Å². The molecule has 0 radical (unpaired) electrons. The largest absolute Gasteiger partial charge is 0.330 e. The van der Waals surface area contributed by atoms with Crippen LogP contribution in [0.25, 0.3) is 0 Å². The van der Waals surface area contributed by atoms with Gasteiger partial charge in [0, 0.05) is 6.04 Å². The van der Waals surface area contributed by atoms with Crippen LogP contribution in [-0.2, 0) is 10.0 Å². The monoisotopic (exact) mass is 206 g/mol. The van der Waals surface area contributed by atoms with Crippen molar-refractivity contribution in [1.82, 2.24) is 4.72 Å². The predicted octanol–water partition coefficient (Wildman–Crippen LogP) is 0.197. The Morgan fingerprint density at radius 3 is 2.46 bits per heavy atom. The second-order valence-electron chi connectivity index (χ2n) is 3.56. The topological polar surface area (TPSA) is 72.2 Å². The molecule has 4 nitrogen and oxygen atoms in total. The van der Waals surface area contributed by atoms with Crippen molar-refractivity contribution in [2.24, 2.45) is 5.73 Å². The Kier molecular flexibility index (Phi) is 4.15. The Balaban J connectivity index is 2.32. The lowest BCUT2D eigenvalue weighted by molar-refractivity contribution is 0.550. The highest BCUT2D eigenvalue weighted by Gasteiger charge is 2.20. The summed E-state index contributed by atoms with van der Waals surface area (Å²) < 4.78 is 25.5. The van der Waals surface area contributed by atoms with Gasteiger partial charge in [0.1, 0.15) is 0 Å². The fourth-order valence-corrected chi connectivity index (χ4v) is 3.04. The smallest absolute Gasteiger partial charge is 0.211 e. The number of hydrogen-bond acceptors (Lipinski definition) is 3. The maximum Gasteiger partial charge on any atom is 0.211 e. The number of sulfonamides is 1. The molecule has 13 heavy (non-hydrogen) atoms. The van der Waals surface area contributed by atoms with E-state index < -0.39 is 10.0 Å². The van der Waals surface area contributed by atoms with E-state index in [0.717, 1.165) is 25.7 Å². The Bertz CT molecular complexity index is 233. The Hall–Kier alpha value is -0.130. The van der Waals surface area contributed by atoms with Crippen LogP contribution in [-0.4, -0.2) is 26.8 Å². The molecule has 0 spiro atoms. The van der Waals surface area contributed by atoms with E-state index in [1.165, 1.54) is 0 Å². The SMILES string of the molecule is NCCCS(=O)(=O)NC1CCCC1. The molecule has 3 N–H and O–H groups in total. The van der Waals surface area contributed by atoms with Gasteiger partial charge in [-0.2, -0.15) is 0 Å². The van der Waals surface area contributed by atoms with E-state index in [4.69, 9.17) is 5.73 Å². The van der Waals surface area contributed by atoms with Gasteiger partial charge >= 0.3 is 0 Å². The molecule has 78 valence electrons. The van der Waals surface area contributed by atoms with Gasteiger partial charge in [-0.25, -0.2) is 13.1 Å². The van der Waals surface area contributed by atoms with Crippen LogP contribution in [0.5, 0.6) is 0 Å². The Morgan fingerprint density at radius 1 is 1.31 bits per heavy atom. The highest BCUT2D eigenvalue weighted by Crippen LogP contribution is 2.18. The third kappa shape index (κ3) is 4.06. The third-order valence-electron chi connectivity index (χ3n) is 2.32. The van der Waals surface area contributed by atoms with Crippen LogP contribution in [0.15, 0.2) is 0 Å². The van der Waals surface area contributed by atoms with Gasteiger partial charge in [0.25, 0.3) is 0 Å². The minimum atomic E-state index is -3.06. The first-order valence-electron chi connectivity index (χ1n) is 4.84. The fourth-order valence-electron chi connectivity index (χ4n) is 1.63. The lowest BCUT2D eigenvalue weighted by Crippen LogP contribution is -2.34. The average Bonchev–Trinajstić information content (AvgIpc) is 2.52. The van der Waals surface area contributed by atoms with Crippen molar-refractivity contribution in [2.75, 3.05) is 12.3 Å². The summed E-state index contributed by atoms with van der Waals surface area (Å²) in [6.07, 6.45) is 4.81.